The van der Waals surface area contributed by atoms with Crippen molar-refractivity contribution in [2.75, 3.05) is 6.54 Å². The summed E-state index contributed by atoms with van der Waals surface area (Å²) < 4.78 is 13.4. The lowest BCUT2D eigenvalue weighted by Crippen LogP contribution is -2.20. The second kappa shape index (κ2) is 7.03. The van der Waals surface area contributed by atoms with Gasteiger partial charge in [0, 0.05) is 18.0 Å². The number of terminal acetylenes is 1. The Morgan fingerprint density at radius 3 is 2.81 bits per heavy atom. The fourth-order valence-electron chi connectivity index (χ4n) is 1.61. The van der Waals surface area contributed by atoms with Crippen molar-refractivity contribution in [2.24, 2.45) is 0 Å². The van der Waals surface area contributed by atoms with Gasteiger partial charge in [0.25, 0.3) is 0 Å². The maximum atomic E-state index is 13.4. The molecule has 1 aromatic rings. The minimum atomic E-state index is -0.147. The van der Waals surface area contributed by atoms with Gasteiger partial charge in [-0.3, -0.25) is 0 Å². The van der Waals surface area contributed by atoms with Crippen molar-refractivity contribution in [1.82, 2.24) is 5.32 Å². The first kappa shape index (κ1) is 12.7. The van der Waals surface area contributed by atoms with E-state index in [0.717, 1.165) is 31.4 Å². The van der Waals surface area contributed by atoms with E-state index in [1.165, 1.54) is 6.07 Å². The number of halogens is 1. The Bertz CT molecular complexity index is 354. The van der Waals surface area contributed by atoms with Crippen LogP contribution in [0.1, 0.15) is 37.8 Å². The van der Waals surface area contributed by atoms with E-state index in [4.69, 9.17) is 6.42 Å². The summed E-state index contributed by atoms with van der Waals surface area (Å²) in [5.74, 6) is 2.46. The largest absolute Gasteiger partial charge is 0.310 e. The van der Waals surface area contributed by atoms with Gasteiger partial charge in [0.2, 0.25) is 0 Å². The van der Waals surface area contributed by atoms with Crippen molar-refractivity contribution in [1.29, 1.82) is 0 Å². The summed E-state index contributed by atoms with van der Waals surface area (Å²) >= 11 is 0. The van der Waals surface area contributed by atoms with E-state index < -0.39 is 0 Å². The Hall–Kier alpha value is -1.33. The van der Waals surface area contributed by atoms with Crippen molar-refractivity contribution in [3.8, 4) is 12.3 Å². The quantitative estimate of drug-likeness (QED) is 0.572. The molecule has 1 aromatic carbocycles. The van der Waals surface area contributed by atoms with Crippen LogP contribution < -0.4 is 5.32 Å². The van der Waals surface area contributed by atoms with Crippen LogP contribution >= 0.6 is 0 Å². The van der Waals surface area contributed by atoms with Crippen LogP contribution in [0.4, 0.5) is 4.39 Å². The Morgan fingerprint density at radius 1 is 1.38 bits per heavy atom. The summed E-state index contributed by atoms with van der Waals surface area (Å²) in [6, 6.07) is 6.92. The van der Waals surface area contributed by atoms with Crippen molar-refractivity contribution in [3.05, 3.63) is 35.6 Å². The van der Waals surface area contributed by atoms with Gasteiger partial charge in [0.1, 0.15) is 5.82 Å². The molecule has 86 valence electrons. The molecule has 0 heterocycles. The highest BCUT2D eigenvalue weighted by molar-refractivity contribution is 5.20. The van der Waals surface area contributed by atoms with E-state index in [9.17, 15) is 4.39 Å². The Kier molecular flexibility index (Phi) is 5.60. The van der Waals surface area contributed by atoms with Crippen molar-refractivity contribution < 1.29 is 4.39 Å². The minimum Gasteiger partial charge on any atom is -0.310 e. The normalized spacial score (nSPS) is 12.1. The summed E-state index contributed by atoms with van der Waals surface area (Å²) in [6.07, 6.45) is 8.03. The van der Waals surface area contributed by atoms with Crippen LogP contribution in [-0.4, -0.2) is 6.54 Å². The molecule has 0 aliphatic rings. The number of benzene rings is 1. The zero-order valence-electron chi connectivity index (χ0n) is 9.67. The van der Waals surface area contributed by atoms with Crippen LogP contribution in [0, 0.1) is 18.2 Å². The fourth-order valence-corrected chi connectivity index (χ4v) is 1.61. The lowest BCUT2D eigenvalue weighted by atomic mass is 10.1. The molecule has 0 fully saturated rings. The van der Waals surface area contributed by atoms with Crippen LogP contribution in [0.5, 0.6) is 0 Å². The highest BCUT2D eigenvalue weighted by Gasteiger charge is 2.08. The van der Waals surface area contributed by atoms with E-state index in [-0.39, 0.29) is 11.9 Å². The smallest absolute Gasteiger partial charge is 0.127 e. The third kappa shape index (κ3) is 4.04. The topological polar surface area (TPSA) is 12.0 Å². The summed E-state index contributed by atoms with van der Waals surface area (Å²) in [5, 5.41) is 3.29. The Balaban J connectivity index is 2.33. The molecular weight excluding hydrogens is 201 g/mol. The predicted octanol–water partition coefficient (Wildman–Crippen LogP) is 3.28. The maximum absolute atomic E-state index is 13.4. The molecule has 0 aromatic heterocycles. The summed E-state index contributed by atoms with van der Waals surface area (Å²) in [4.78, 5) is 0. The van der Waals surface area contributed by atoms with Crippen molar-refractivity contribution in [3.63, 3.8) is 0 Å². The Labute approximate surface area is 97.1 Å². The highest BCUT2D eigenvalue weighted by atomic mass is 19.1. The molecule has 0 bridgehead atoms. The molecule has 0 saturated carbocycles. The lowest BCUT2D eigenvalue weighted by molar-refractivity contribution is 0.516. The zero-order chi connectivity index (χ0) is 11.8. The SMILES string of the molecule is C#CCCCCN[C@@H](C)c1ccccc1F. The van der Waals surface area contributed by atoms with E-state index >= 15 is 0 Å². The monoisotopic (exact) mass is 219 g/mol. The lowest BCUT2D eigenvalue weighted by Gasteiger charge is -2.14. The average Bonchev–Trinajstić information content (AvgIpc) is 2.29. The first-order chi connectivity index (χ1) is 7.75. The first-order valence-corrected chi connectivity index (χ1v) is 5.67. The van der Waals surface area contributed by atoms with Gasteiger partial charge in [-0.15, -0.1) is 12.3 Å². The van der Waals surface area contributed by atoms with E-state index in [1.807, 2.05) is 19.1 Å². The van der Waals surface area contributed by atoms with E-state index in [2.05, 4.69) is 11.2 Å². The van der Waals surface area contributed by atoms with Crippen LogP contribution in [0.3, 0.4) is 0 Å². The first-order valence-electron chi connectivity index (χ1n) is 5.67. The van der Waals surface area contributed by atoms with Gasteiger partial charge in [-0.1, -0.05) is 18.2 Å². The molecule has 0 amide bonds. The van der Waals surface area contributed by atoms with Gasteiger partial charge < -0.3 is 5.32 Å². The van der Waals surface area contributed by atoms with Crippen LogP contribution in [0.15, 0.2) is 24.3 Å². The van der Waals surface area contributed by atoms with Gasteiger partial charge >= 0.3 is 0 Å². The van der Waals surface area contributed by atoms with Crippen molar-refractivity contribution >= 4 is 0 Å². The van der Waals surface area contributed by atoms with Gasteiger partial charge in [-0.2, -0.15) is 0 Å². The second-order valence-corrected chi connectivity index (χ2v) is 3.86. The molecule has 2 heteroatoms. The van der Waals surface area contributed by atoms with E-state index in [0.29, 0.717) is 0 Å². The zero-order valence-corrected chi connectivity index (χ0v) is 9.67. The summed E-state index contributed by atoms with van der Waals surface area (Å²) in [5.41, 5.74) is 0.722. The third-order valence-electron chi connectivity index (χ3n) is 2.57. The number of unbranched alkanes of at least 4 members (excludes halogenated alkanes) is 2. The number of hydrogen-bond donors (Lipinski definition) is 1. The number of nitrogens with one attached hydrogen (secondary N) is 1. The standard InChI is InChI=1S/C14H18FN/c1-3-4-5-8-11-16-12(2)13-9-6-7-10-14(13)15/h1,6-7,9-10,12,16H,4-5,8,11H2,2H3/t12-/m0/s1. The highest BCUT2D eigenvalue weighted by Crippen LogP contribution is 2.15. The molecule has 0 saturated heterocycles. The molecule has 0 aliphatic heterocycles. The molecule has 1 atom stereocenters. The summed E-state index contributed by atoms with van der Waals surface area (Å²) in [7, 11) is 0. The van der Waals surface area contributed by atoms with Crippen LogP contribution in [0.2, 0.25) is 0 Å². The van der Waals surface area contributed by atoms with Gasteiger partial charge in [0.15, 0.2) is 0 Å². The molecule has 0 unspecified atom stereocenters. The second-order valence-electron chi connectivity index (χ2n) is 3.86. The minimum absolute atomic E-state index is 0.0482. The van der Waals surface area contributed by atoms with Gasteiger partial charge in [-0.05, 0) is 32.4 Å². The van der Waals surface area contributed by atoms with Crippen LogP contribution in [0.25, 0.3) is 0 Å². The maximum Gasteiger partial charge on any atom is 0.127 e. The molecule has 1 rings (SSSR count). The molecule has 0 spiro atoms. The predicted molar refractivity (Wildman–Crippen MR) is 65.5 cm³/mol. The summed E-state index contributed by atoms with van der Waals surface area (Å²) in [6.45, 7) is 2.84. The number of hydrogen-bond acceptors (Lipinski definition) is 1. The number of rotatable bonds is 6. The molecule has 16 heavy (non-hydrogen) atoms. The van der Waals surface area contributed by atoms with Crippen molar-refractivity contribution in [2.45, 2.75) is 32.2 Å². The molecule has 1 nitrogen and oxygen atoms in total. The average molecular weight is 219 g/mol. The fraction of sp³-hybridized carbons (Fsp3) is 0.429. The van der Waals surface area contributed by atoms with E-state index in [1.54, 1.807) is 6.07 Å². The third-order valence-corrected chi connectivity index (χ3v) is 2.57. The Morgan fingerprint density at radius 2 is 2.12 bits per heavy atom. The molecular formula is C14H18FN. The van der Waals surface area contributed by atoms with Gasteiger partial charge in [0.05, 0.1) is 0 Å². The molecule has 0 aliphatic carbocycles. The van der Waals surface area contributed by atoms with Gasteiger partial charge in [-0.25, -0.2) is 4.39 Å². The molecule has 1 N–H and O–H groups in total. The van der Waals surface area contributed by atoms with Crippen LogP contribution in [-0.2, 0) is 0 Å². The molecule has 0 radical (unpaired) electrons.